The number of benzene rings is 2. The Morgan fingerprint density at radius 2 is 2.03 bits per heavy atom. The molecule has 10 heteroatoms. The molecule has 2 aromatic carbocycles. The Hall–Kier alpha value is -3.82. The highest BCUT2D eigenvalue weighted by atomic mass is 16.6. The number of hydrogen-bond donors (Lipinski definition) is 3. The van der Waals surface area contributed by atoms with E-state index in [2.05, 4.69) is 16.0 Å². The van der Waals surface area contributed by atoms with Crippen molar-refractivity contribution < 1.29 is 19.2 Å². The Morgan fingerprint density at radius 3 is 2.66 bits per heavy atom. The van der Waals surface area contributed by atoms with Crippen LogP contribution in [-0.4, -0.2) is 42.5 Å². The van der Waals surface area contributed by atoms with Crippen molar-refractivity contribution in [2.45, 2.75) is 13.5 Å². The monoisotopic (exact) mass is 399 g/mol. The summed E-state index contributed by atoms with van der Waals surface area (Å²) in [6.45, 7) is 1.79. The molecule has 10 nitrogen and oxygen atoms in total. The molecule has 3 N–H and O–H groups in total. The van der Waals surface area contributed by atoms with Crippen LogP contribution in [0.15, 0.2) is 30.3 Å². The number of urea groups is 1. The number of carbonyl (C=O) groups is 2. The van der Waals surface area contributed by atoms with Gasteiger partial charge in [0.05, 0.1) is 30.0 Å². The number of methoxy groups -OCH3 is 1. The highest BCUT2D eigenvalue weighted by Crippen LogP contribution is 2.37. The third kappa shape index (κ3) is 4.21. The van der Waals surface area contributed by atoms with E-state index in [1.54, 1.807) is 45.3 Å². The average molecular weight is 399 g/mol. The van der Waals surface area contributed by atoms with Crippen LogP contribution in [0.1, 0.15) is 11.1 Å². The summed E-state index contributed by atoms with van der Waals surface area (Å²) in [6.07, 6.45) is 0. The lowest BCUT2D eigenvalue weighted by atomic mass is 10.0. The summed E-state index contributed by atoms with van der Waals surface area (Å²) in [6, 6.07) is 7.82. The molecule has 0 saturated heterocycles. The van der Waals surface area contributed by atoms with E-state index in [-0.39, 0.29) is 30.7 Å². The molecule has 3 rings (SSSR count). The first-order chi connectivity index (χ1) is 13.8. The Labute approximate surface area is 167 Å². The fourth-order valence-electron chi connectivity index (χ4n) is 3.07. The van der Waals surface area contributed by atoms with Gasteiger partial charge in [0.1, 0.15) is 5.75 Å². The molecule has 2 aromatic rings. The van der Waals surface area contributed by atoms with E-state index >= 15 is 0 Å². The van der Waals surface area contributed by atoms with Gasteiger partial charge in [0.2, 0.25) is 5.91 Å². The predicted octanol–water partition coefficient (Wildman–Crippen LogP) is 2.94. The first-order valence-electron chi connectivity index (χ1n) is 8.81. The second-order valence-electron chi connectivity index (χ2n) is 6.60. The molecule has 0 aliphatic carbocycles. The first kappa shape index (κ1) is 19.9. The van der Waals surface area contributed by atoms with Gasteiger partial charge in [-0.1, -0.05) is 0 Å². The van der Waals surface area contributed by atoms with E-state index < -0.39 is 4.92 Å². The lowest BCUT2D eigenvalue weighted by Gasteiger charge is -2.26. The van der Waals surface area contributed by atoms with Crippen LogP contribution in [0.3, 0.4) is 0 Å². The third-order valence-corrected chi connectivity index (χ3v) is 4.67. The van der Waals surface area contributed by atoms with Crippen LogP contribution in [-0.2, 0) is 11.3 Å². The van der Waals surface area contributed by atoms with Gasteiger partial charge in [0.25, 0.3) is 5.69 Å². The second kappa shape index (κ2) is 8.05. The maximum atomic E-state index is 12.6. The molecule has 1 heterocycles. The zero-order chi connectivity index (χ0) is 21.1. The smallest absolute Gasteiger partial charge is 0.321 e. The molecule has 0 radical (unpaired) electrons. The molecular weight excluding hydrogens is 378 g/mol. The van der Waals surface area contributed by atoms with Crippen molar-refractivity contribution in [3.8, 4) is 5.75 Å². The summed E-state index contributed by atoms with van der Waals surface area (Å²) in [4.78, 5) is 36.6. The summed E-state index contributed by atoms with van der Waals surface area (Å²) in [5, 5.41) is 19.8. The van der Waals surface area contributed by atoms with Crippen molar-refractivity contribution in [2.75, 3.05) is 36.7 Å². The average Bonchev–Trinajstić information content (AvgIpc) is 2.70. The summed E-state index contributed by atoms with van der Waals surface area (Å²) >= 11 is 0. The van der Waals surface area contributed by atoms with Gasteiger partial charge in [-0.3, -0.25) is 14.9 Å². The van der Waals surface area contributed by atoms with Gasteiger partial charge in [0, 0.05) is 36.5 Å². The summed E-state index contributed by atoms with van der Waals surface area (Å²) < 4.78 is 5.09. The van der Waals surface area contributed by atoms with Crippen molar-refractivity contribution in [1.29, 1.82) is 0 Å². The Kier molecular flexibility index (Phi) is 5.53. The van der Waals surface area contributed by atoms with E-state index in [4.69, 9.17) is 4.74 Å². The van der Waals surface area contributed by atoms with Gasteiger partial charge in [-0.15, -0.1) is 0 Å². The summed E-state index contributed by atoms with van der Waals surface area (Å²) in [7, 11) is 3.14. The molecule has 1 aliphatic rings. The molecule has 152 valence electrons. The molecule has 1 aliphatic heterocycles. The van der Waals surface area contributed by atoms with Crippen LogP contribution < -0.4 is 20.7 Å². The minimum Gasteiger partial charge on any atom is -0.497 e. The van der Waals surface area contributed by atoms with E-state index in [9.17, 15) is 19.7 Å². The number of fused-ring (bicyclic) bond motifs is 1. The molecule has 0 unspecified atom stereocenters. The summed E-state index contributed by atoms with van der Waals surface area (Å²) in [5.74, 6) is 0.385. The fourth-order valence-corrected chi connectivity index (χ4v) is 3.07. The molecule has 0 saturated carbocycles. The molecule has 0 atom stereocenters. The number of nitro groups is 1. The maximum absolute atomic E-state index is 12.6. The molecule has 0 spiro atoms. The lowest BCUT2D eigenvalue weighted by molar-refractivity contribution is -0.385. The van der Waals surface area contributed by atoms with Gasteiger partial charge in [-0.05, 0) is 31.2 Å². The van der Waals surface area contributed by atoms with Crippen molar-refractivity contribution in [3.05, 3.63) is 51.6 Å². The number of amides is 3. The van der Waals surface area contributed by atoms with E-state index in [1.165, 1.54) is 11.0 Å². The normalized spacial score (nSPS) is 12.3. The minimum absolute atomic E-state index is 0.0546. The van der Waals surface area contributed by atoms with E-state index in [0.29, 0.717) is 33.9 Å². The molecular formula is C19H21N5O5. The lowest BCUT2D eigenvalue weighted by Crippen LogP contribution is -2.33. The van der Waals surface area contributed by atoms with Crippen LogP contribution in [0, 0.1) is 17.0 Å². The standard InChI is InChI=1S/C19H21N5O5/c1-11-14(18-15(8-16(11)24(27)28)22-17(25)9-20-18)10-23(2)19(26)21-12-4-6-13(29-3)7-5-12/h4-8,20H,9-10H2,1-3H3,(H,21,26)(H,22,25). The van der Waals surface area contributed by atoms with Gasteiger partial charge in [0.15, 0.2) is 0 Å². The Morgan fingerprint density at radius 1 is 1.34 bits per heavy atom. The Bertz CT molecular complexity index is 974. The van der Waals surface area contributed by atoms with Crippen LogP contribution in [0.25, 0.3) is 0 Å². The van der Waals surface area contributed by atoms with Crippen molar-refractivity contribution >= 4 is 34.7 Å². The van der Waals surface area contributed by atoms with Crippen LogP contribution in [0.5, 0.6) is 5.75 Å². The van der Waals surface area contributed by atoms with Crippen LogP contribution in [0.2, 0.25) is 0 Å². The highest BCUT2D eigenvalue weighted by Gasteiger charge is 2.27. The van der Waals surface area contributed by atoms with Gasteiger partial charge in [-0.25, -0.2) is 4.79 Å². The van der Waals surface area contributed by atoms with Gasteiger partial charge < -0.3 is 25.6 Å². The molecule has 0 bridgehead atoms. The predicted molar refractivity (Wildman–Crippen MR) is 108 cm³/mol. The van der Waals surface area contributed by atoms with Crippen molar-refractivity contribution in [1.82, 2.24) is 4.90 Å². The molecule has 3 amide bonds. The second-order valence-corrected chi connectivity index (χ2v) is 6.60. The molecule has 0 fully saturated rings. The molecule has 0 aromatic heterocycles. The zero-order valence-electron chi connectivity index (χ0n) is 16.2. The number of hydrogen-bond acceptors (Lipinski definition) is 6. The number of nitrogens with zero attached hydrogens (tertiary/aromatic N) is 2. The number of nitro benzene ring substituents is 1. The largest absolute Gasteiger partial charge is 0.497 e. The number of carbonyl (C=O) groups excluding carboxylic acids is 2. The SMILES string of the molecule is COc1ccc(NC(=O)N(C)Cc2c(C)c([N+](=O)[O-])cc3c2NCC(=O)N3)cc1. The topological polar surface area (TPSA) is 126 Å². The summed E-state index contributed by atoms with van der Waals surface area (Å²) in [5.41, 5.74) is 2.38. The number of nitrogens with one attached hydrogen (secondary N) is 3. The van der Waals surface area contributed by atoms with E-state index in [1.807, 2.05) is 0 Å². The van der Waals surface area contributed by atoms with Gasteiger partial charge >= 0.3 is 6.03 Å². The van der Waals surface area contributed by atoms with Crippen LogP contribution >= 0.6 is 0 Å². The number of anilines is 3. The Balaban J connectivity index is 1.84. The third-order valence-electron chi connectivity index (χ3n) is 4.67. The van der Waals surface area contributed by atoms with Crippen molar-refractivity contribution in [2.24, 2.45) is 0 Å². The zero-order valence-corrected chi connectivity index (χ0v) is 16.2. The maximum Gasteiger partial charge on any atom is 0.321 e. The highest BCUT2D eigenvalue weighted by molar-refractivity contribution is 6.02. The minimum atomic E-state index is -0.503. The van der Waals surface area contributed by atoms with Crippen LogP contribution in [0.4, 0.5) is 27.5 Å². The quantitative estimate of drug-likeness (QED) is 0.524. The first-order valence-corrected chi connectivity index (χ1v) is 8.81. The van der Waals surface area contributed by atoms with Gasteiger partial charge in [-0.2, -0.15) is 0 Å². The van der Waals surface area contributed by atoms with Crippen molar-refractivity contribution in [3.63, 3.8) is 0 Å². The molecule has 29 heavy (non-hydrogen) atoms. The number of ether oxygens (including phenoxy) is 1. The number of rotatable bonds is 5. The fraction of sp³-hybridized carbons (Fsp3) is 0.263. The van der Waals surface area contributed by atoms with E-state index in [0.717, 1.165) is 0 Å².